The molecule has 0 aliphatic rings. The van der Waals surface area contributed by atoms with Gasteiger partial charge in [0, 0.05) is 6.08 Å². The Bertz CT molecular complexity index is 438. The molecule has 0 aromatic heterocycles. The number of aromatic hydroxyl groups is 1. The molecule has 0 amide bonds. The number of carbonyl (C=O) groups is 1. The van der Waals surface area contributed by atoms with E-state index in [0.29, 0.717) is 0 Å². The SMILES string of the molecule is O=C(O)/C=C/c1ccc(O)cc1[N+](=O)[O-]. The van der Waals surface area contributed by atoms with Gasteiger partial charge in [0.2, 0.25) is 0 Å². The molecule has 0 aliphatic heterocycles. The van der Waals surface area contributed by atoms with E-state index in [1.165, 1.54) is 12.1 Å². The summed E-state index contributed by atoms with van der Waals surface area (Å²) in [5.74, 6) is -1.44. The highest BCUT2D eigenvalue weighted by Gasteiger charge is 2.12. The second kappa shape index (κ2) is 4.23. The van der Waals surface area contributed by atoms with E-state index in [0.717, 1.165) is 18.2 Å². The Morgan fingerprint density at radius 2 is 2.13 bits per heavy atom. The van der Waals surface area contributed by atoms with Gasteiger partial charge in [-0.1, -0.05) is 0 Å². The van der Waals surface area contributed by atoms with Crippen LogP contribution in [0.2, 0.25) is 0 Å². The summed E-state index contributed by atoms with van der Waals surface area (Å²) in [5, 5.41) is 27.9. The smallest absolute Gasteiger partial charge is 0.328 e. The number of aliphatic carboxylic acids is 1. The van der Waals surface area contributed by atoms with E-state index in [-0.39, 0.29) is 17.0 Å². The number of rotatable bonds is 3. The van der Waals surface area contributed by atoms with Gasteiger partial charge in [0.15, 0.2) is 0 Å². The van der Waals surface area contributed by atoms with Gasteiger partial charge in [-0.05, 0) is 18.2 Å². The van der Waals surface area contributed by atoms with Crippen molar-refractivity contribution in [3.8, 4) is 5.75 Å². The van der Waals surface area contributed by atoms with E-state index in [9.17, 15) is 14.9 Å². The second-order valence-electron chi connectivity index (χ2n) is 2.67. The lowest BCUT2D eigenvalue weighted by molar-refractivity contribution is -0.385. The van der Waals surface area contributed by atoms with Crippen LogP contribution in [0.25, 0.3) is 6.08 Å². The topological polar surface area (TPSA) is 101 Å². The molecule has 0 spiro atoms. The van der Waals surface area contributed by atoms with Gasteiger partial charge in [-0.3, -0.25) is 10.1 Å². The third-order valence-electron chi connectivity index (χ3n) is 1.62. The third-order valence-corrected chi connectivity index (χ3v) is 1.62. The maximum atomic E-state index is 10.5. The first-order valence-electron chi connectivity index (χ1n) is 3.89. The Morgan fingerprint density at radius 3 is 2.67 bits per heavy atom. The first-order chi connectivity index (χ1) is 7.00. The Kier molecular flexibility index (Phi) is 3.02. The van der Waals surface area contributed by atoms with E-state index >= 15 is 0 Å². The summed E-state index contributed by atoms with van der Waals surface area (Å²) in [7, 11) is 0. The van der Waals surface area contributed by atoms with E-state index in [1.54, 1.807) is 0 Å². The van der Waals surface area contributed by atoms with Gasteiger partial charge in [-0.25, -0.2) is 4.79 Å². The van der Waals surface area contributed by atoms with Gasteiger partial charge in [0.1, 0.15) is 5.75 Å². The van der Waals surface area contributed by atoms with E-state index < -0.39 is 10.9 Å². The average Bonchev–Trinajstić information content (AvgIpc) is 2.15. The Balaban J connectivity index is 3.17. The zero-order valence-corrected chi connectivity index (χ0v) is 7.45. The minimum atomic E-state index is -1.20. The summed E-state index contributed by atoms with van der Waals surface area (Å²) in [6, 6.07) is 3.48. The number of carboxylic acid groups (broad SMARTS) is 1. The van der Waals surface area contributed by atoms with Crippen LogP contribution < -0.4 is 0 Å². The maximum Gasteiger partial charge on any atom is 0.328 e. The molecule has 78 valence electrons. The molecule has 6 heteroatoms. The molecule has 0 saturated carbocycles. The summed E-state index contributed by atoms with van der Waals surface area (Å²) in [4.78, 5) is 20.1. The van der Waals surface area contributed by atoms with Crippen molar-refractivity contribution in [1.29, 1.82) is 0 Å². The number of hydrogen-bond donors (Lipinski definition) is 2. The van der Waals surface area contributed by atoms with Crippen LogP contribution in [0.15, 0.2) is 24.3 Å². The normalized spacial score (nSPS) is 10.4. The summed E-state index contributed by atoms with van der Waals surface area (Å²) < 4.78 is 0. The number of benzene rings is 1. The fourth-order valence-corrected chi connectivity index (χ4v) is 0.992. The lowest BCUT2D eigenvalue weighted by atomic mass is 10.1. The minimum Gasteiger partial charge on any atom is -0.508 e. The van der Waals surface area contributed by atoms with Crippen LogP contribution in [-0.4, -0.2) is 21.1 Å². The van der Waals surface area contributed by atoms with Crippen LogP contribution >= 0.6 is 0 Å². The highest BCUT2D eigenvalue weighted by Crippen LogP contribution is 2.24. The molecule has 1 aromatic carbocycles. The lowest BCUT2D eigenvalue weighted by Crippen LogP contribution is -1.92. The van der Waals surface area contributed by atoms with Crippen LogP contribution in [0, 0.1) is 10.1 Å². The number of hydrogen-bond acceptors (Lipinski definition) is 4. The zero-order valence-electron chi connectivity index (χ0n) is 7.45. The predicted octanol–water partition coefficient (Wildman–Crippen LogP) is 1.40. The molecule has 0 fully saturated rings. The molecule has 2 N–H and O–H groups in total. The van der Waals surface area contributed by atoms with Crippen LogP contribution in [-0.2, 0) is 4.79 Å². The van der Waals surface area contributed by atoms with Crippen molar-refractivity contribution in [2.75, 3.05) is 0 Å². The fourth-order valence-electron chi connectivity index (χ4n) is 0.992. The van der Waals surface area contributed by atoms with Gasteiger partial charge in [0.05, 0.1) is 16.6 Å². The number of phenols is 1. The highest BCUT2D eigenvalue weighted by molar-refractivity contribution is 5.86. The fraction of sp³-hybridized carbons (Fsp3) is 0. The predicted molar refractivity (Wildman–Crippen MR) is 51.4 cm³/mol. The first kappa shape index (κ1) is 10.7. The maximum absolute atomic E-state index is 10.5. The molecule has 6 nitrogen and oxygen atoms in total. The molecule has 15 heavy (non-hydrogen) atoms. The van der Waals surface area contributed by atoms with Crippen molar-refractivity contribution in [3.63, 3.8) is 0 Å². The van der Waals surface area contributed by atoms with Crippen LogP contribution in [0.1, 0.15) is 5.56 Å². The average molecular weight is 209 g/mol. The summed E-state index contributed by atoms with van der Waals surface area (Å²) >= 11 is 0. The van der Waals surface area contributed by atoms with E-state index in [4.69, 9.17) is 10.2 Å². The van der Waals surface area contributed by atoms with Crippen molar-refractivity contribution in [3.05, 3.63) is 40.0 Å². The minimum absolute atomic E-state index is 0.125. The second-order valence-corrected chi connectivity index (χ2v) is 2.67. The van der Waals surface area contributed by atoms with Crippen LogP contribution in [0.5, 0.6) is 5.75 Å². The Hall–Kier alpha value is -2.37. The number of nitro groups is 1. The number of carboxylic acids is 1. The largest absolute Gasteiger partial charge is 0.508 e. The highest BCUT2D eigenvalue weighted by atomic mass is 16.6. The molecule has 0 aliphatic carbocycles. The monoisotopic (exact) mass is 209 g/mol. The van der Waals surface area contributed by atoms with Gasteiger partial charge >= 0.3 is 5.97 Å². The van der Waals surface area contributed by atoms with Gasteiger partial charge < -0.3 is 10.2 Å². The number of phenolic OH excluding ortho intramolecular Hbond substituents is 1. The molecule has 0 atom stereocenters. The van der Waals surface area contributed by atoms with Crippen LogP contribution in [0.4, 0.5) is 5.69 Å². The van der Waals surface area contributed by atoms with Crippen LogP contribution in [0.3, 0.4) is 0 Å². The zero-order chi connectivity index (χ0) is 11.4. The molecular weight excluding hydrogens is 202 g/mol. The summed E-state index contributed by atoms with van der Waals surface area (Å²) in [5.41, 5.74) is -0.215. The Labute approximate surface area is 84.2 Å². The first-order valence-corrected chi connectivity index (χ1v) is 3.89. The van der Waals surface area contributed by atoms with Gasteiger partial charge in [-0.15, -0.1) is 0 Å². The standard InChI is InChI=1S/C9H7NO5/c11-7-3-1-6(2-4-9(12)13)8(5-7)10(14)15/h1-5,11H,(H,12,13)/b4-2+. The quantitative estimate of drug-likeness (QED) is 0.445. The van der Waals surface area contributed by atoms with E-state index in [2.05, 4.69) is 0 Å². The van der Waals surface area contributed by atoms with E-state index in [1.807, 2.05) is 0 Å². The molecule has 0 bridgehead atoms. The van der Waals surface area contributed by atoms with Crippen molar-refractivity contribution >= 4 is 17.7 Å². The summed E-state index contributed by atoms with van der Waals surface area (Å²) in [6.45, 7) is 0. The molecule has 0 heterocycles. The molecule has 0 radical (unpaired) electrons. The number of nitro benzene ring substituents is 1. The van der Waals surface area contributed by atoms with Crippen molar-refractivity contribution in [2.45, 2.75) is 0 Å². The molecule has 0 unspecified atom stereocenters. The lowest BCUT2D eigenvalue weighted by Gasteiger charge is -1.97. The summed E-state index contributed by atoms with van der Waals surface area (Å²) in [6.07, 6.45) is 1.89. The van der Waals surface area contributed by atoms with Crippen molar-refractivity contribution < 1.29 is 19.9 Å². The molecule has 0 saturated heterocycles. The molecule has 1 rings (SSSR count). The van der Waals surface area contributed by atoms with Gasteiger partial charge in [-0.2, -0.15) is 0 Å². The van der Waals surface area contributed by atoms with Crippen molar-refractivity contribution in [1.82, 2.24) is 0 Å². The Morgan fingerprint density at radius 1 is 1.47 bits per heavy atom. The molecular formula is C9H7NO5. The molecule has 1 aromatic rings. The van der Waals surface area contributed by atoms with Gasteiger partial charge in [0.25, 0.3) is 5.69 Å². The van der Waals surface area contributed by atoms with Crippen molar-refractivity contribution in [2.24, 2.45) is 0 Å². The number of nitrogens with zero attached hydrogens (tertiary/aromatic N) is 1. The third kappa shape index (κ3) is 2.80.